The second kappa shape index (κ2) is 15.1. The van der Waals surface area contributed by atoms with Crippen LogP contribution >= 0.6 is 46.4 Å². The SMILES string of the molecule is CCc1cc(Cc2ccc(NC(=O)c3c(Cl)ccc(Cl)c3C(=O)O)c(C)c2)ccc1NOCc1c(Cl)ccc(Cl)c1COO. The highest BCUT2D eigenvalue weighted by molar-refractivity contribution is 6.39. The molecule has 0 saturated carbocycles. The number of halogens is 4. The predicted octanol–water partition coefficient (Wildman–Crippen LogP) is 9.25. The van der Waals surface area contributed by atoms with Gasteiger partial charge in [0.1, 0.15) is 13.2 Å². The van der Waals surface area contributed by atoms with E-state index in [4.69, 9.17) is 56.5 Å². The molecule has 0 aliphatic carbocycles. The van der Waals surface area contributed by atoms with Gasteiger partial charge in [-0.15, -0.1) is 0 Å². The predicted molar refractivity (Wildman–Crippen MR) is 173 cm³/mol. The van der Waals surface area contributed by atoms with E-state index in [-0.39, 0.29) is 34.4 Å². The van der Waals surface area contributed by atoms with Crippen LogP contribution in [0.5, 0.6) is 0 Å². The van der Waals surface area contributed by atoms with Crippen LogP contribution in [0.15, 0.2) is 60.7 Å². The van der Waals surface area contributed by atoms with Crippen LogP contribution in [-0.4, -0.2) is 22.2 Å². The van der Waals surface area contributed by atoms with Crippen molar-refractivity contribution in [2.24, 2.45) is 0 Å². The van der Waals surface area contributed by atoms with Crippen LogP contribution in [0.1, 0.15) is 61.0 Å². The minimum atomic E-state index is -1.35. The maximum absolute atomic E-state index is 13.0. The summed E-state index contributed by atoms with van der Waals surface area (Å²) in [6.45, 7) is 3.86. The lowest BCUT2D eigenvalue weighted by Gasteiger charge is -2.16. The van der Waals surface area contributed by atoms with Gasteiger partial charge in [-0.1, -0.05) is 77.6 Å². The number of aryl methyl sites for hydroxylation is 2. The zero-order valence-corrected chi connectivity index (χ0v) is 26.7. The van der Waals surface area contributed by atoms with Crippen molar-refractivity contribution in [3.05, 3.63) is 125 Å². The summed E-state index contributed by atoms with van der Waals surface area (Å²) in [5.41, 5.74) is 8.80. The zero-order valence-electron chi connectivity index (χ0n) is 23.6. The van der Waals surface area contributed by atoms with Crippen LogP contribution in [0.2, 0.25) is 20.1 Å². The topological polar surface area (TPSA) is 117 Å². The van der Waals surface area contributed by atoms with Gasteiger partial charge in [0, 0.05) is 26.9 Å². The Hall–Kier alpha value is -3.34. The van der Waals surface area contributed by atoms with Crippen LogP contribution in [0.4, 0.5) is 11.4 Å². The Morgan fingerprint density at radius 1 is 0.773 bits per heavy atom. The molecule has 0 bridgehead atoms. The first-order valence-corrected chi connectivity index (χ1v) is 14.9. The van der Waals surface area contributed by atoms with Gasteiger partial charge < -0.3 is 10.4 Å². The van der Waals surface area contributed by atoms with Gasteiger partial charge in [0.05, 0.1) is 26.9 Å². The minimum absolute atomic E-state index is 0.0112. The summed E-state index contributed by atoms with van der Waals surface area (Å²) < 4.78 is 0. The van der Waals surface area contributed by atoms with Gasteiger partial charge in [0.2, 0.25) is 0 Å². The van der Waals surface area contributed by atoms with Crippen LogP contribution in [0.25, 0.3) is 0 Å². The van der Waals surface area contributed by atoms with Gasteiger partial charge >= 0.3 is 5.97 Å². The Morgan fingerprint density at radius 3 is 1.93 bits per heavy atom. The number of carboxylic acid groups (broad SMARTS) is 1. The molecule has 44 heavy (non-hydrogen) atoms. The van der Waals surface area contributed by atoms with E-state index in [0.717, 1.165) is 34.4 Å². The van der Waals surface area contributed by atoms with E-state index in [0.29, 0.717) is 33.3 Å². The van der Waals surface area contributed by atoms with Crippen molar-refractivity contribution < 1.29 is 29.7 Å². The average Bonchev–Trinajstić information content (AvgIpc) is 2.99. The Labute approximate surface area is 274 Å². The highest BCUT2D eigenvalue weighted by atomic mass is 35.5. The van der Waals surface area contributed by atoms with Gasteiger partial charge in [-0.2, -0.15) is 0 Å². The van der Waals surface area contributed by atoms with Gasteiger partial charge in [0.25, 0.3) is 5.91 Å². The number of anilines is 2. The third-order valence-electron chi connectivity index (χ3n) is 6.97. The fraction of sp³-hybridized carbons (Fsp3) is 0.188. The smallest absolute Gasteiger partial charge is 0.338 e. The molecule has 4 aromatic carbocycles. The Morgan fingerprint density at radius 2 is 1.34 bits per heavy atom. The lowest BCUT2D eigenvalue weighted by atomic mass is 9.99. The number of benzene rings is 4. The van der Waals surface area contributed by atoms with Crippen LogP contribution < -0.4 is 10.8 Å². The van der Waals surface area contributed by atoms with Crippen LogP contribution in [-0.2, 0) is 35.8 Å². The fourth-order valence-corrected chi connectivity index (χ4v) is 5.67. The number of hydrogen-bond donors (Lipinski definition) is 4. The number of aromatic carboxylic acids is 1. The summed E-state index contributed by atoms with van der Waals surface area (Å²) in [5, 5.41) is 22.0. The first-order valence-electron chi connectivity index (χ1n) is 13.4. The number of amides is 1. The molecule has 8 nitrogen and oxygen atoms in total. The van der Waals surface area contributed by atoms with E-state index in [1.54, 1.807) is 18.2 Å². The van der Waals surface area contributed by atoms with Gasteiger partial charge in [-0.25, -0.2) is 9.68 Å². The molecular formula is C32H28Cl4N2O6. The van der Waals surface area contributed by atoms with Crippen molar-refractivity contribution in [2.75, 3.05) is 10.8 Å². The maximum atomic E-state index is 13.0. The highest BCUT2D eigenvalue weighted by Gasteiger charge is 2.24. The number of rotatable bonds is 12. The largest absolute Gasteiger partial charge is 0.478 e. The van der Waals surface area contributed by atoms with Crippen molar-refractivity contribution >= 4 is 69.7 Å². The molecule has 0 aliphatic heterocycles. The van der Waals surface area contributed by atoms with Crippen molar-refractivity contribution in [1.82, 2.24) is 0 Å². The number of carbonyl (C=O) groups excluding carboxylic acids is 1. The van der Waals surface area contributed by atoms with E-state index in [1.165, 1.54) is 12.1 Å². The Balaban J connectivity index is 1.44. The van der Waals surface area contributed by atoms with E-state index >= 15 is 0 Å². The van der Waals surface area contributed by atoms with E-state index in [2.05, 4.69) is 21.8 Å². The van der Waals surface area contributed by atoms with Crippen molar-refractivity contribution in [3.8, 4) is 0 Å². The first-order chi connectivity index (χ1) is 21.0. The summed E-state index contributed by atoms with van der Waals surface area (Å²) in [6.07, 6.45) is 1.38. The molecule has 4 aromatic rings. The average molecular weight is 678 g/mol. The molecule has 0 fully saturated rings. The number of hydrogen-bond acceptors (Lipinski definition) is 6. The van der Waals surface area contributed by atoms with Crippen molar-refractivity contribution in [3.63, 3.8) is 0 Å². The second-order valence-corrected chi connectivity index (χ2v) is 11.5. The maximum Gasteiger partial charge on any atom is 0.338 e. The molecule has 0 heterocycles. The molecule has 4 rings (SSSR count). The number of nitrogens with one attached hydrogen (secondary N) is 2. The summed E-state index contributed by atoms with van der Waals surface area (Å²) in [5.74, 6) is -2.01. The molecule has 0 aliphatic rings. The monoisotopic (exact) mass is 676 g/mol. The molecule has 1 amide bonds. The molecule has 12 heteroatoms. The molecule has 0 spiro atoms. The number of carbonyl (C=O) groups is 2. The Bertz CT molecular complexity index is 1710. The van der Waals surface area contributed by atoms with Crippen molar-refractivity contribution in [1.29, 1.82) is 0 Å². The Kier molecular flexibility index (Phi) is 11.5. The van der Waals surface area contributed by atoms with Crippen LogP contribution in [0.3, 0.4) is 0 Å². The molecule has 230 valence electrons. The summed E-state index contributed by atoms with van der Waals surface area (Å²) in [4.78, 5) is 34.7. The van der Waals surface area contributed by atoms with Gasteiger partial charge in [-0.05, 0) is 78.4 Å². The standard InChI is InChI=1S/C32H28Cl4N2O6/c1-3-20-14-19(5-11-28(20)38-43-15-21-22(16-44-42)24(34)7-6-23(21)33)13-18-4-10-27(17(2)12-18)37-31(39)29-25(35)8-9-26(36)30(29)32(40)41/h4-12,14,38,42H,3,13,15-16H2,1-2H3,(H,37,39)(H,40,41). The third-order valence-corrected chi connectivity index (χ3v) is 8.30. The lowest BCUT2D eigenvalue weighted by molar-refractivity contribution is -0.253. The molecule has 0 unspecified atom stereocenters. The first kappa shape index (κ1) is 33.6. The molecule has 0 radical (unpaired) electrons. The summed E-state index contributed by atoms with van der Waals surface area (Å²) in [7, 11) is 0. The van der Waals surface area contributed by atoms with Crippen LogP contribution in [0, 0.1) is 6.92 Å². The highest BCUT2D eigenvalue weighted by Crippen LogP contribution is 2.31. The number of carboxylic acids is 1. The van der Waals surface area contributed by atoms with E-state index in [1.807, 2.05) is 38.1 Å². The second-order valence-electron chi connectivity index (χ2n) is 9.86. The van der Waals surface area contributed by atoms with E-state index in [9.17, 15) is 14.7 Å². The molecular weight excluding hydrogens is 650 g/mol. The third kappa shape index (κ3) is 7.83. The molecule has 0 saturated heterocycles. The zero-order chi connectivity index (χ0) is 32.0. The summed E-state index contributed by atoms with van der Waals surface area (Å²) in [6, 6.07) is 17.6. The lowest BCUT2D eigenvalue weighted by Crippen LogP contribution is -2.18. The minimum Gasteiger partial charge on any atom is -0.478 e. The van der Waals surface area contributed by atoms with Crippen molar-refractivity contribution in [2.45, 2.75) is 39.9 Å². The molecule has 0 aromatic heterocycles. The summed E-state index contributed by atoms with van der Waals surface area (Å²) >= 11 is 24.7. The molecule has 4 N–H and O–H groups in total. The normalized spacial score (nSPS) is 11.0. The molecule has 0 atom stereocenters. The quantitative estimate of drug-likeness (QED) is 0.0872. The van der Waals surface area contributed by atoms with Gasteiger partial charge in [-0.3, -0.25) is 20.4 Å². The van der Waals surface area contributed by atoms with E-state index < -0.39 is 11.9 Å². The van der Waals surface area contributed by atoms with Gasteiger partial charge in [0.15, 0.2) is 0 Å². The fourth-order valence-electron chi connectivity index (χ4n) is 4.73.